The van der Waals surface area contributed by atoms with E-state index in [0.717, 1.165) is 5.56 Å². The lowest BCUT2D eigenvalue weighted by Crippen LogP contribution is -2.29. The molecule has 0 bridgehead atoms. The van der Waals surface area contributed by atoms with E-state index in [1.807, 2.05) is 0 Å². The molecule has 0 radical (unpaired) electrons. The van der Waals surface area contributed by atoms with Gasteiger partial charge in [-0.3, -0.25) is 4.79 Å². The molecule has 1 unspecified atom stereocenters. The molecule has 0 spiro atoms. The normalized spacial score (nSPS) is 19.4. The lowest BCUT2D eigenvalue weighted by atomic mass is 9.91. The Balaban J connectivity index is 1.13. The summed E-state index contributed by atoms with van der Waals surface area (Å²) < 4.78 is 39.2. The van der Waals surface area contributed by atoms with Crippen LogP contribution in [0.4, 0.5) is 0 Å². The van der Waals surface area contributed by atoms with Crippen LogP contribution in [0.1, 0.15) is 12.0 Å². The van der Waals surface area contributed by atoms with E-state index >= 15 is 0 Å². The molecule has 4 aromatic rings. The predicted octanol–water partition coefficient (Wildman–Crippen LogP) is 4.54. The van der Waals surface area contributed by atoms with Crippen LogP contribution in [0.15, 0.2) is 54.6 Å². The van der Waals surface area contributed by atoms with E-state index in [0.29, 0.717) is 79.1 Å². The Morgan fingerprint density at radius 1 is 0.650 bits per heavy atom. The van der Waals surface area contributed by atoms with Crippen molar-refractivity contribution >= 4 is 38.3 Å². The minimum atomic E-state index is -0.388. The van der Waals surface area contributed by atoms with Gasteiger partial charge in [0.05, 0.1) is 72.7 Å². The van der Waals surface area contributed by atoms with Crippen LogP contribution in [0.5, 0.6) is 0 Å². The van der Waals surface area contributed by atoms with Crippen molar-refractivity contribution < 1.29 is 38.0 Å². The summed E-state index contributed by atoms with van der Waals surface area (Å²) in [4.78, 5) is 12.7. The molecule has 1 saturated heterocycles. The topological polar surface area (TPSA) is 81.7 Å². The molecule has 4 aromatic carbocycles. The minimum Gasteiger partial charge on any atom is -0.463 e. The fraction of sp³-hybridized carbons (Fsp3) is 0.469. The van der Waals surface area contributed by atoms with Crippen molar-refractivity contribution in [2.45, 2.75) is 18.9 Å². The predicted molar refractivity (Wildman–Crippen MR) is 153 cm³/mol. The Hall–Kier alpha value is -2.85. The number of benzene rings is 4. The molecule has 1 atom stereocenters. The Morgan fingerprint density at radius 2 is 1.20 bits per heavy atom. The molecular formula is C32H38O8. The summed E-state index contributed by atoms with van der Waals surface area (Å²) in [6.07, 6.45) is 0.503. The Kier molecular flexibility index (Phi) is 10.9. The standard InChI is InChI=1S/C32H38O8/c33-30(40-23-28-22-38-19-18-36-15-14-34-12-13-35-16-17-37-20-21-39-28)11-9-24-4-5-27-7-6-25-2-1-3-26-8-10-29(24)32(27)31(25)26/h1-8,10,28H,9,11-23H2. The highest BCUT2D eigenvalue weighted by Crippen LogP contribution is 2.36. The molecule has 1 heterocycles. The monoisotopic (exact) mass is 550 g/mol. The zero-order valence-electron chi connectivity index (χ0n) is 22.9. The van der Waals surface area contributed by atoms with Gasteiger partial charge < -0.3 is 33.2 Å². The second-order valence-electron chi connectivity index (χ2n) is 9.78. The highest BCUT2D eigenvalue weighted by molar-refractivity contribution is 6.23. The number of hydrogen-bond donors (Lipinski definition) is 0. The first-order valence-electron chi connectivity index (χ1n) is 14.1. The third-order valence-corrected chi connectivity index (χ3v) is 7.02. The summed E-state index contributed by atoms with van der Waals surface area (Å²) in [6.45, 7) is 5.11. The lowest BCUT2D eigenvalue weighted by Gasteiger charge is -2.19. The van der Waals surface area contributed by atoms with Crippen LogP contribution in [0.3, 0.4) is 0 Å². The second kappa shape index (κ2) is 15.2. The van der Waals surface area contributed by atoms with Crippen LogP contribution < -0.4 is 0 Å². The molecule has 1 aliphatic heterocycles. The van der Waals surface area contributed by atoms with Crippen molar-refractivity contribution in [1.82, 2.24) is 0 Å². The van der Waals surface area contributed by atoms with Crippen LogP contribution >= 0.6 is 0 Å². The van der Waals surface area contributed by atoms with E-state index in [-0.39, 0.29) is 25.1 Å². The van der Waals surface area contributed by atoms with E-state index in [2.05, 4.69) is 54.6 Å². The van der Waals surface area contributed by atoms with E-state index in [4.69, 9.17) is 33.2 Å². The molecule has 1 fully saturated rings. The number of carbonyl (C=O) groups excluding carboxylic acids is 1. The minimum absolute atomic E-state index is 0.120. The number of aryl methyl sites for hydroxylation is 1. The molecule has 8 heteroatoms. The van der Waals surface area contributed by atoms with Gasteiger partial charge in [-0.2, -0.15) is 0 Å². The first-order valence-corrected chi connectivity index (χ1v) is 14.1. The molecule has 0 N–H and O–H groups in total. The first kappa shape index (κ1) is 28.7. The first-order chi connectivity index (χ1) is 19.8. The molecule has 0 amide bonds. The average Bonchev–Trinajstić information content (AvgIpc) is 2.98. The zero-order chi connectivity index (χ0) is 27.4. The largest absolute Gasteiger partial charge is 0.463 e. The fourth-order valence-corrected chi connectivity index (χ4v) is 5.02. The molecule has 1 aliphatic rings. The quantitative estimate of drug-likeness (QED) is 0.265. The highest BCUT2D eigenvalue weighted by Gasteiger charge is 2.15. The summed E-state index contributed by atoms with van der Waals surface area (Å²) in [5.74, 6) is -0.259. The summed E-state index contributed by atoms with van der Waals surface area (Å²) in [5.41, 5.74) is 1.14. The maximum absolute atomic E-state index is 12.7. The third-order valence-electron chi connectivity index (χ3n) is 7.02. The number of esters is 1. The summed E-state index contributed by atoms with van der Waals surface area (Å²) >= 11 is 0. The van der Waals surface area contributed by atoms with E-state index in [9.17, 15) is 4.79 Å². The van der Waals surface area contributed by atoms with Crippen molar-refractivity contribution in [3.05, 3.63) is 60.2 Å². The van der Waals surface area contributed by atoms with Crippen LogP contribution in [0.25, 0.3) is 32.3 Å². The molecule has 0 aromatic heterocycles. The molecular weight excluding hydrogens is 512 g/mol. The highest BCUT2D eigenvalue weighted by atomic mass is 16.6. The lowest BCUT2D eigenvalue weighted by molar-refractivity contribution is -0.150. The van der Waals surface area contributed by atoms with Gasteiger partial charge in [-0.15, -0.1) is 0 Å². The second-order valence-corrected chi connectivity index (χ2v) is 9.78. The van der Waals surface area contributed by atoms with E-state index in [1.54, 1.807) is 0 Å². The van der Waals surface area contributed by atoms with E-state index < -0.39 is 0 Å². The van der Waals surface area contributed by atoms with Crippen molar-refractivity contribution in [1.29, 1.82) is 0 Å². The number of ether oxygens (including phenoxy) is 7. The maximum Gasteiger partial charge on any atom is 0.306 e. The van der Waals surface area contributed by atoms with Gasteiger partial charge in [-0.1, -0.05) is 54.6 Å². The van der Waals surface area contributed by atoms with Crippen molar-refractivity contribution in [3.63, 3.8) is 0 Å². The van der Waals surface area contributed by atoms with Crippen molar-refractivity contribution in [3.8, 4) is 0 Å². The van der Waals surface area contributed by atoms with Gasteiger partial charge in [0.15, 0.2) is 0 Å². The molecule has 5 rings (SSSR count). The van der Waals surface area contributed by atoms with Gasteiger partial charge in [-0.25, -0.2) is 0 Å². The Labute approximate surface area is 234 Å². The van der Waals surface area contributed by atoms with Gasteiger partial charge in [0.2, 0.25) is 0 Å². The Morgan fingerprint density at radius 3 is 1.88 bits per heavy atom. The van der Waals surface area contributed by atoms with Gasteiger partial charge >= 0.3 is 5.97 Å². The van der Waals surface area contributed by atoms with Crippen molar-refractivity contribution in [2.75, 3.05) is 79.3 Å². The Bertz CT molecular complexity index is 1310. The van der Waals surface area contributed by atoms with Crippen LogP contribution in [-0.4, -0.2) is 91.4 Å². The molecule has 8 nitrogen and oxygen atoms in total. The number of hydrogen-bond acceptors (Lipinski definition) is 8. The fourth-order valence-electron chi connectivity index (χ4n) is 5.02. The van der Waals surface area contributed by atoms with Crippen molar-refractivity contribution in [2.24, 2.45) is 0 Å². The number of rotatable bonds is 5. The van der Waals surface area contributed by atoms with Gasteiger partial charge in [0, 0.05) is 6.42 Å². The van der Waals surface area contributed by atoms with Gasteiger partial charge in [0.25, 0.3) is 0 Å². The van der Waals surface area contributed by atoms with E-state index in [1.165, 1.54) is 32.3 Å². The molecule has 214 valence electrons. The molecule has 0 aliphatic carbocycles. The number of carbonyl (C=O) groups is 1. The molecule has 0 saturated carbocycles. The maximum atomic E-state index is 12.7. The van der Waals surface area contributed by atoms with Gasteiger partial charge in [0.1, 0.15) is 12.7 Å². The zero-order valence-corrected chi connectivity index (χ0v) is 22.9. The smallest absolute Gasteiger partial charge is 0.306 e. The van der Waals surface area contributed by atoms with Crippen LogP contribution in [0.2, 0.25) is 0 Å². The molecule has 40 heavy (non-hydrogen) atoms. The van der Waals surface area contributed by atoms with Crippen LogP contribution in [-0.2, 0) is 44.4 Å². The SMILES string of the molecule is O=C(CCc1ccc2ccc3cccc4ccc1c2c34)OCC1COCCOCCOCCOCCOCCO1. The summed E-state index contributed by atoms with van der Waals surface area (Å²) in [7, 11) is 0. The average molecular weight is 551 g/mol. The summed E-state index contributed by atoms with van der Waals surface area (Å²) in [5, 5.41) is 7.40. The van der Waals surface area contributed by atoms with Gasteiger partial charge in [-0.05, 0) is 44.3 Å². The third kappa shape index (κ3) is 7.87. The summed E-state index contributed by atoms with van der Waals surface area (Å²) in [6, 6.07) is 19.3. The van der Waals surface area contributed by atoms with Crippen LogP contribution in [0, 0.1) is 0 Å².